The fourth-order valence-corrected chi connectivity index (χ4v) is 11.2. The molecular formula is C34H43F2NO7. The maximum atomic E-state index is 17.7. The molecule has 8 nitrogen and oxygen atoms in total. The number of carbonyl (C=O) groups excluding carboxylic acids is 3. The average molecular weight is 616 g/mol. The monoisotopic (exact) mass is 615 g/mol. The Bertz CT molecular complexity index is 1410. The quantitative estimate of drug-likeness (QED) is 0.378. The van der Waals surface area contributed by atoms with Crippen LogP contribution in [0.4, 0.5) is 13.6 Å². The predicted octanol–water partition coefficient (Wildman–Crippen LogP) is 6.07. The maximum Gasteiger partial charge on any atom is 0.509 e. The van der Waals surface area contributed by atoms with Crippen LogP contribution < -0.4 is 0 Å². The van der Waals surface area contributed by atoms with Gasteiger partial charge in [0.25, 0.3) is 0 Å². The van der Waals surface area contributed by atoms with Crippen molar-refractivity contribution in [1.29, 1.82) is 5.26 Å². The molecule has 240 valence electrons. The van der Waals surface area contributed by atoms with Crippen LogP contribution in [0.15, 0.2) is 23.6 Å². The number of fused-ring (bicyclic) bond motifs is 7. The van der Waals surface area contributed by atoms with Crippen LogP contribution in [-0.4, -0.2) is 53.1 Å². The molecule has 0 heterocycles. The zero-order chi connectivity index (χ0) is 32.3. The molecule has 2 bridgehead atoms. The molecule has 0 unspecified atom stereocenters. The molecule has 11 atom stereocenters. The highest BCUT2D eigenvalue weighted by Gasteiger charge is 2.78. The van der Waals surface area contributed by atoms with Crippen LogP contribution in [-0.2, 0) is 23.8 Å². The van der Waals surface area contributed by atoms with E-state index in [1.165, 1.54) is 19.1 Å². The van der Waals surface area contributed by atoms with Crippen molar-refractivity contribution >= 4 is 17.9 Å². The van der Waals surface area contributed by atoms with Crippen molar-refractivity contribution in [1.82, 2.24) is 0 Å². The molecule has 6 aliphatic rings. The number of hydrogen-bond donors (Lipinski definition) is 1. The summed E-state index contributed by atoms with van der Waals surface area (Å²) < 4.78 is 51.0. The number of allylic oxidation sites excluding steroid dienone is 4. The fraction of sp³-hybridized carbons (Fsp3) is 0.765. The van der Waals surface area contributed by atoms with Crippen LogP contribution >= 0.6 is 0 Å². The number of nitriles is 1. The number of halogens is 2. The van der Waals surface area contributed by atoms with Crippen molar-refractivity contribution in [3.8, 4) is 6.07 Å². The van der Waals surface area contributed by atoms with Gasteiger partial charge >= 0.3 is 12.1 Å². The summed E-state index contributed by atoms with van der Waals surface area (Å²) in [6, 6.07) is 1.78. The van der Waals surface area contributed by atoms with Crippen molar-refractivity contribution < 1.29 is 42.5 Å². The Morgan fingerprint density at radius 1 is 1.16 bits per heavy atom. The summed E-state index contributed by atoms with van der Waals surface area (Å²) in [5.74, 6) is -4.07. The Balaban J connectivity index is 1.40. The lowest BCUT2D eigenvalue weighted by atomic mass is 9.45. The van der Waals surface area contributed by atoms with E-state index < -0.39 is 76.6 Å². The molecule has 4 saturated carbocycles. The summed E-state index contributed by atoms with van der Waals surface area (Å²) in [4.78, 5) is 40.0. The second-order valence-corrected chi connectivity index (χ2v) is 15.8. The number of alkyl halides is 1. The SMILES string of the molecule is C[C@@H]1C[C@H]2[C@@H]3CC(F)=C4CC(=O)C=C[C@]4(C)[C@@]3(F)[C@@H](O)C[C@]2(C)[C@@]1(OC(=O)O[C@H]1C(C)(C)[C@H]2CC[C@]1(C)C2)C(=O)OCC#N. The minimum Gasteiger partial charge on any atom is -0.447 e. The average Bonchev–Trinajstić information content (AvgIpc) is 3.51. The Hall–Kier alpha value is -2.80. The first kappa shape index (κ1) is 31.2. The second kappa shape index (κ2) is 9.60. The third-order valence-corrected chi connectivity index (χ3v) is 13.4. The molecule has 6 aliphatic carbocycles. The molecule has 6 rings (SSSR count). The van der Waals surface area contributed by atoms with Gasteiger partial charge in [-0.3, -0.25) is 4.79 Å². The number of aliphatic hydroxyl groups is 1. The lowest BCUT2D eigenvalue weighted by Gasteiger charge is -2.62. The van der Waals surface area contributed by atoms with Crippen molar-refractivity contribution in [3.63, 3.8) is 0 Å². The lowest BCUT2D eigenvalue weighted by molar-refractivity contribution is -0.230. The zero-order valence-corrected chi connectivity index (χ0v) is 26.4. The number of esters is 1. The van der Waals surface area contributed by atoms with Crippen LogP contribution in [0.2, 0.25) is 0 Å². The Labute approximate surface area is 257 Å². The van der Waals surface area contributed by atoms with Gasteiger partial charge in [-0.2, -0.15) is 5.26 Å². The molecule has 0 aliphatic heterocycles. The standard InChI is InChI=1S/C34H43F2NO7/c1-18-13-21-22-15-24(35)23-14-20(38)8-10-31(23,5)33(22,36)25(39)17-32(21,6)34(18,27(40)42-12-11-37)44-28(41)43-26-29(2,3)19-7-9-30(26,4)16-19/h8,10,18-19,21-22,25-26,39H,7,9,12-17H2,1-6H3/t18-,19+,21+,22+,25+,26+,30-,31+,32+,33+,34+/m1/s1. The molecule has 0 aromatic carbocycles. The van der Waals surface area contributed by atoms with Crippen molar-refractivity contribution in [2.75, 3.05) is 6.61 Å². The molecule has 1 N–H and O–H groups in total. The van der Waals surface area contributed by atoms with Gasteiger partial charge in [-0.1, -0.05) is 40.7 Å². The first-order valence-electron chi connectivity index (χ1n) is 15.8. The lowest BCUT2D eigenvalue weighted by Crippen LogP contribution is -2.70. The smallest absolute Gasteiger partial charge is 0.447 e. The Morgan fingerprint density at radius 3 is 2.50 bits per heavy atom. The first-order chi connectivity index (χ1) is 20.4. The second-order valence-electron chi connectivity index (χ2n) is 15.8. The topological polar surface area (TPSA) is 123 Å². The minimum atomic E-state index is -2.35. The predicted molar refractivity (Wildman–Crippen MR) is 153 cm³/mol. The molecule has 10 heteroatoms. The molecule has 0 saturated heterocycles. The summed E-state index contributed by atoms with van der Waals surface area (Å²) in [5.41, 5.74) is -7.86. The number of rotatable bonds is 4. The number of aliphatic hydroxyl groups excluding tert-OH is 1. The molecule has 0 aromatic heterocycles. The van der Waals surface area contributed by atoms with Gasteiger partial charge in [0.05, 0.1) is 6.10 Å². The minimum absolute atomic E-state index is 0.0407. The number of ether oxygens (including phenoxy) is 3. The van der Waals surface area contributed by atoms with Gasteiger partial charge in [-0.25, -0.2) is 18.4 Å². The van der Waals surface area contributed by atoms with E-state index in [1.54, 1.807) is 19.9 Å². The van der Waals surface area contributed by atoms with Gasteiger partial charge in [0, 0.05) is 46.3 Å². The van der Waals surface area contributed by atoms with E-state index in [1.807, 2.05) is 0 Å². The normalized spacial score (nSPS) is 48.2. The number of carbonyl (C=O) groups is 3. The highest BCUT2D eigenvalue weighted by molar-refractivity contribution is 5.93. The Kier molecular flexibility index (Phi) is 6.81. The number of nitrogens with zero attached hydrogens (tertiary/aromatic N) is 1. The van der Waals surface area contributed by atoms with Gasteiger partial charge in [0.2, 0.25) is 5.60 Å². The van der Waals surface area contributed by atoms with Gasteiger partial charge in [0.15, 0.2) is 18.1 Å². The largest absolute Gasteiger partial charge is 0.509 e. The third-order valence-electron chi connectivity index (χ3n) is 13.4. The summed E-state index contributed by atoms with van der Waals surface area (Å²) in [6.07, 6.45) is 1.50. The van der Waals surface area contributed by atoms with E-state index in [0.29, 0.717) is 5.92 Å². The molecular weight excluding hydrogens is 572 g/mol. The fourth-order valence-electron chi connectivity index (χ4n) is 11.2. The van der Waals surface area contributed by atoms with Crippen molar-refractivity contribution in [3.05, 3.63) is 23.6 Å². The van der Waals surface area contributed by atoms with Crippen LogP contribution in [0.3, 0.4) is 0 Å². The van der Waals surface area contributed by atoms with Gasteiger partial charge in [-0.05, 0) is 62.5 Å². The molecule has 0 aromatic rings. The van der Waals surface area contributed by atoms with Crippen molar-refractivity contribution in [2.24, 2.45) is 45.3 Å². The summed E-state index contributed by atoms with van der Waals surface area (Å²) in [7, 11) is 0. The van der Waals surface area contributed by atoms with E-state index in [4.69, 9.17) is 14.2 Å². The van der Waals surface area contributed by atoms with Crippen molar-refractivity contribution in [2.45, 2.75) is 110 Å². The van der Waals surface area contributed by atoms with E-state index in [9.17, 15) is 24.8 Å². The van der Waals surface area contributed by atoms with Gasteiger partial charge in [0.1, 0.15) is 18.0 Å². The zero-order valence-electron chi connectivity index (χ0n) is 26.4. The summed E-state index contributed by atoms with van der Waals surface area (Å²) in [6.45, 7) is 10.5. The van der Waals surface area contributed by atoms with Gasteiger partial charge < -0.3 is 19.3 Å². The maximum absolute atomic E-state index is 17.7. The molecule has 0 radical (unpaired) electrons. The van der Waals surface area contributed by atoms with Gasteiger partial charge in [-0.15, -0.1) is 0 Å². The van der Waals surface area contributed by atoms with E-state index in [0.717, 1.165) is 19.3 Å². The first-order valence-corrected chi connectivity index (χ1v) is 15.8. The Morgan fingerprint density at radius 2 is 1.86 bits per heavy atom. The molecule has 4 fully saturated rings. The summed E-state index contributed by atoms with van der Waals surface area (Å²) in [5, 5.41) is 20.9. The van der Waals surface area contributed by atoms with Crippen LogP contribution in [0.5, 0.6) is 0 Å². The molecule has 0 amide bonds. The van der Waals surface area contributed by atoms with E-state index in [2.05, 4.69) is 20.8 Å². The van der Waals surface area contributed by atoms with Crippen LogP contribution in [0, 0.1) is 56.7 Å². The van der Waals surface area contributed by atoms with Crippen LogP contribution in [0.25, 0.3) is 0 Å². The molecule has 44 heavy (non-hydrogen) atoms. The van der Waals surface area contributed by atoms with Crippen LogP contribution in [0.1, 0.15) is 86.5 Å². The number of hydrogen-bond acceptors (Lipinski definition) is 8. The highest BCUT2D eigenvalue weighted by atomic mass is 19.1. The third kappa shape index (κ3) is 3.71. The van der Waals surface area contributed by atoms with E-state index in [-0.39, 0.29) is 47.9 Å². The number of ketones is 1. The molecule has 0 spiro atoms. The highest BCUT2D eigenvalue weighted by Crippen LogP contribution is 2.72. The summed E-state index contributed by atoms with van der Waals surface area (Å²) >= 11 is 0. The van der Waals surface area contributed by atoms with E-state index >= 15 is 8.78 Å².